The lowest BCUT2D eigenvalue weighted by atomic mass is 9.96. The van der Waals surface area contributed by atoms with Crippen molar-refractivity contribution in [1.29, 1.82) is 0 Å². The SMILES string of the molecule is C/C=C\C1/C=C\CCCCC1. The Morgan fingerprint density at radius 1 is 1.27 bits per heavy atom. The summed E-state index contributed by atoms with van der Waals surface area (Å²) < 4.78 is 0. The third-order valence-electron chi connectivity index (χ3n) is 2.23. The van der Waals surface area contributed by atoms with Crippen LogP contribution in [0.1, 0.15) is 39.0 Å². The molecule has 1 unspecified atom stereocenters. The maximum atomic E-state index is 2.36. The van der Waals surface area contributed by atoms with Crippen LogP contribution in [0.4, 0.5) is 0 Å². The molecular weight excluding hydrogens is 132 g/mol. The maximum absolute atomic E-state index is 2.36. The van der Waals surface area contributed by atoms with Gasteiger partial charge in [-0.15, -0.1) is 0 Å². The molecule has 0 N–H and O–H groups in total. The first-order chi connectivity index (χ1) is 5.43. The van der Waals surface area contributed by atoms with E-state index >= 15 is 0 Å². The summed E-state index contributed by atoms with van der Waals surface area (Å²) in [5.74, 6) is 0.722. The van der Waals surface area contributed by atoms with Crippen LogP contribution in [0, 0.1) is 5.92 Å². The Balaban J connectivity index is 2.41. The van der Waals surface area contributed by atoms with Gasteiger partial charge in [0.05, 0.1) is 0 Å². The summed E-state index contributed by atoms with van der Waals surface area (Å²) in [4.78, 5) is 0. The van der Waals surface area contributed by atoms with Crippen LogP contribution >= 0.6 is 0 Å². The van der Waals surface area contributed by atoms with Gasteiger partial charge in [-0.3, -0.25) is 0 Å². The molecule has 1 rings (SSSR count). The number of rotatable bonds is 1. The van der Waals surface area contributed by atoms with Crippen molar-refractivity contribution in [2.45, 2.75) is 39.0 Å². The molecule has 0 bridgehead atoms. The molecule has 0 aromatic carbocycles. The van der Waals surface area contributed by atoms with Gasteiger partial charge in [0, 0.05) is 0 Å². The Bertz CT molecular complexity index is 142. The van der Waals surface area contributed by atoms with Crippen LogP contribution in [0.2, 0.25) is 0 Å². The fourth-order valence-electron chi connectivity index (χ4n) is 1.59. The molecule has 0 amide bonds. The fourth-order valence-corrected chi connectivity index (χ4v) is 1.59. The van der Waals surface area contributed by atoms with Crippen LogP contribution in [0.15, 0.2) is 24.3 Å². The van der Waals surface area contributed by atoms with Crippen LogP contribution < -0.4 is 0 Å². The molecular formula is C11H18. The third-order valence-corrected chi connectivity index (χ3v) is 2.23. The molecule has 1 atom stereocenters. The number of hydrogen-bond acceptors (Lipinski definition) is 0. The van der Waals surface area contributed by atoms with Crippen molar-refractivity contribution in [2.24, 2.45) is 5.92 Å². The highest BCUT2D eigenvalue weighted by Crippen LogP contribution is 2.17. The van der Waals surface area contributed by atoms with E-state index in [0.717, 1.165) is 5.92 Å². The lowest BCUT2D eigenvalue weighted by molar-refractivity contribution is 0.582. The minimum atomic E-state index is 0.722. The van der Waals surface area contributed by atoms with Crippen molar-refractivity contribution < 1.29 is 0 Å². The van der Waals surface area contributed by atoms with E-state index < -0.39 is 0 Å². The van der Waals surface area contributed by atoms with Gasteiger partial charge in [-0.2, -0.15) is 0 Å². The highest BCUT2D eigenvalue weighted by Gasteiger charge is 2.01. The average Bonchev–Trinajstić information content (AvgIpc) is 1.94. The fraction of sp³-hybridized carbons (Fsp3) is 0.636. The van der Waals surface area contributed by atoms with Gasteiger partial charge < -0.3 is 0 Å². The highest BCUT2D eigenvalue weighted by molar-refractivity contribution is 5.00. The van der Waals surface area contributed by atoms with E-state index in [1.54, 1.807) is 0 Å². The lowest BCUT2D eigenvalue weighted by Crippen LogP contribution is -1.94. The minimum absolute atomic E-state index is 0.722. The number of allylic oxidation sites excluding steroid dienone is 4. The van der Waals surface area contributed by atoms with E-state index in [2.05, 4.69) is 31.2 Å². The molecule has 1 aliphatic rings. The van der Waals surface area contributed by atoms with E-state index in [1.165, 1.54) is 32.1 Å². The Labute approximate surface area is 70.0 Å². The Morgan fingerprint density at radius 3 is 3.00 bits per heavy atom. The summed E-state index contributed by atoms with van der Waals surface area (Å²) >= 11 is 0. The third kappa shape index (κ3) is 3.41. The zero-order valence-electron chi connectivity index (χ0n) is 7.42. The maximum Gasteiger partial charge on any atom is -0.00536 e. The van der Waals surface area contributed by atoms with E-state index in [4.69, 9.17) is 0 Å². The molecule has 0 aliphatic heterocycles. The second-order valence-electron chi connectivity index (χ2n) is 3.26. The molecule has 0 heteroatoms. The van der Waals surface area contributed by atoms with Crippen LogP contribution in [-0.4, -0.2) is 0 Å². The van der Waals surface area contributed by atoms with Gasteiger partial charge in [0.25, 0.3) is 0 Å². The first-order valence-electron chi connectivity index (χ1n) is 4.73. The lowest BCUT2D eigenvalue weighted by Gasteiger charge is -2.09. The summed E-state index contributed by atoms with van der Waals surface area (Å²) in [6.45, 7) is 2.10. The molecule has 62 valence electrons. The van der Waals surface area contributed by atoms with Crippen molar-refractivity contribution in [2.75, 3.05) is 0 Å². The second kappa shape index (κ2) is 5.17. The molecule has 11 heavy (non-hydrogen) atoms. The van der Waals surface area contributed by atoms with E-state index in [1.807, 2.05) is 0 Å². The number of hydrogen-bond donors (Lipinski definition) is 0. The predicted molar refractivity (Wildman–Crippen MR) is 50.5 cm³/mol. The van der Waals surface area contributed by atoms with Crippen molar-refractivity contribution in [3.05, 3.63) is 24.3 Å². The van der Waals surface area contributed by atoms with Crippen molar-refractivity contribution in [1.82, 2.24) is 0 Å². The Kier molecular flexibility index (Phi) is 4.03. The minimum Gasteiger partial charge on any atom is -0.0911 e. The van der Waals surface area contributed by atoms with E-state index in [9.17, 15) is 0 Å². The molecule has 0 fully saturated rings. The first kappa shape index (κ1) is 8.58. The average molecular weight is 150 g/mol. The molecule has 0 spiro atoms. The first-order valence-corrected chi connectivity index (χ1v) is 4.73. The second-order valence-corrected chi connectivity index (χ2v) is 3.26. The van der Waals surface area contributed by atoms with E-state index in [0.29, 0.717) is 0 Å². The largest absolute Gasteiger partial charge is 0.0911 e. The normalized spacial score (nSPS) is 29.7. The summed E-state index contributed by atoms with van der Waals surface area (Å²) in [5.41, 5.74) is 0. The predicted octanol–water partition coefficient (Wildman–Crippen LogP) is 3.70. The van der Waals surface area contributed by atoms with E-state index in [-0.39, 0.29) is 0 Å². The standard InChI is InChI=1S/C11H18/c1-2-8-11-9-6-4-3-5-7-10-11/h2,6,8-9,11H,3-5,7,10H2,1H3/b8-2-,9-6-. The molecule has 0 aromatic heterocycles. The molecule has 0 saturated heterocycles. The molecule has 0 radical (unpaired) electrons. The van der Waals surface area contributed by atoms with Crippen molar-refractivity contribution in [3.63, 3.8) is 0 Å². The summed E-state index contributed by atoms with van der Waals surface area (Å²) in [6, 6.07) is 0. The van der Waals surface area contributed by atoms with Crippen LogP contribution in [0.3, 0.4) is 0 Å². The van der Waals surface area contributed by atoms with Gasteiger partial charge in [-0.1, -0.05) is 37.1 Å². The van der Waals surface area contributed by atoms with Crippen molar-refractivity contribution >= 4 is 0 Å². The van der Waals surface area contributed by atoms with Gasteiger partial charge in [-0.25, -0.2) is 0 Å². The zero-order chi connectivity index (χ0) is 7.94. The summed E-state index contributed by atoms with van der Waals surface area (Å²) in [6.07, 6.45) is 16.0. The monoisotopic (exact) mass is 150 g/mol. The Morgan fingerprint density at radius 2 is 2.18 bits per heavy atom. The van der Waals surface area contributed by atoms with Gasteiger partial charge in [0.2, 0.25) is 0 Å². The highest BCUT2D eigenvalue weighted by atomic mass is 14.1. The molecule has 0 saturated carbocycles. The van der Waals surface area contributed by atoms with Gasteiger partial charge in [-0.05, 0) is 32.1 Å². The molecule has 0 aromatic rings. The smallest absolute Gasteiger partial charge is 0.00536 e. The molecule has 0 nitrogen and oxygen atoms in total. The van der Waals surface area contributed by atoms with Crippen LogP contribution in [-0.2, 0) is 0 Å². The van der Waals surface area contributed by atoms with Gasteiger partial charge >= 0.3 is 0 Å². The zero-order valence-corrected chi connectivity index (χ0v) is 7.42. The topological polar surface area (TPSA) is 0 Å². The van der Waals surface area contributed by atoms with Crippen LogP contribution in [0.5, 0.6) is 0 Å². The summed E-state index contributed by atoms with van der Waals surface area (Å²) in [5, 5.41) is 0. The quantitative estimate of drug-likeness (QED) is 0.500. The van der Waals surface area contributed by atoms with Crippen molar-refractivity contribution in [3.8, 4) is 0 Å². The molecule has 1 aliphatic carbocycles. The van der Waals surface area contributed by atoms with Crippen LogP contribution in [0.25, 0.3) is 0 Å². The molecule has 0 heterocycles. The summed E-state index contributed by atoms with van der Waals surface area (Å²) in [7, 11) is 0. The van der Waals surface area contributed by atoms with Gasteiger partial charge in [0.1, 0.15) is 0 Å². The Hall–Kier alpha value is -0.520. The van der Waals surface area contributed by atoms with Gasteiger partial charge in [0.15, 0.2) is 0 Å².